The molecule has 0 spiro atoms. The molecule has 19 heavy (non-hydrogen) atoms. The molecule has 0 atom stereocenters. The Hall–Kier alpha value is -2.49. The zero-order valence-corrected chi connectivity index (χ0v) is 10.3. The zero-order chi connectivity index (χ0) is 13.2. The van der Waals surface area contributed by atoms with Crippen LogP contribution >= 0.6 is 0 Å². The molecule has 0 unspecified atom stereocenters. The molecule has 0 aliphatic rings. The standard InChI is InChI=1S/C15H11FN2O/c1-10-4-2-3-5-13(10)15-17-14(18-19-15)11-6-8-12(16)9-7-11/h2-9H,1H3. The van der Waals surface area contributed by atoms with Crippen molar-refractivity contribution in [2.24, 2.45) is 0 Å². The summed E-state index contributed by atoms with van der Waals surface area (Å²) in [5, 5.41) is 3.93. The first-order chi connectivity index (χ1) is 9.24. The molecule has 94 valence electrons. The average molecular weight is 254 g/mol. The van der Waals surface area contributed by atoms with Crippen LogP contribution in [0.15, 0.2) is 53.1 Å². The van der Waals surface area contributed by atoms with Crippen molar-refractivity contribution in [2.75, 3.05) is 0 Å². The second-order valence-electron chi connectivity index (χ2n) is 4.24. The molecule has 1 aromatic heterocycles. The third-order valence-electron chi connectivity index (χ3n) is 2.90. The Morgan fingerprint density at radius 1 is 1.00 bits per heavy atom. The van der Waals surface area contributed by atoms with Gasteiger partial charge >= 0.3 is 0 Å². The summed E-state index contributed by atoms with van der Waals surface area (Å²) in [5.41, 5.74) is 2.70. The molecule has 0 bridgehead atoms. The average Bonchev–Trinajstić information content (AvgIpc) is 2.89. The van der Waals surface area contributed by atoms with E-state index < -0.39 is 0 Å². The van der Waals surface area contributed by atoms with Crippen LogP contribution in [0.3, 0.4) is 0 Å². The first-order valence-electron chi connectivity index (χ1n) is 5.90. The molecule has 3 aromatic rings. The fourth-order valence-corrected chi connectivity index (χ4v) is 1.86. The van der Waals surface area contributed by atoms with Crippen molar-refractivity contribution >= 4 is 0 Å². The summed E-state index contributed by atoms with van der Waals surface area (Å²) in [5.74, 6) is 0.641. The predicted molar refractivity (Wildman–Crippen MR) is 69.9 cm³/mol. The molecule has 3 rings (SSSR count). The van der Waals surface area contributed by atoms with E-state index in [2.05, 4.69) is 10.1 Å². The van der Waals surface area contributed by atoms with Crippen LogP contribution in [0.1, 0.15) is 5.56 Å². The summed E-state index contributed by atoms with van der Waals surface area (Å²) in [6.07, 6.45) is 0. The number of halogens is 1. The lowest BCUT2D eigenvalue weighted by Gasteiger charge is -1.97. The van der Waals surface area contributed by atoms with Gasteiger partial charge < -0.3 is 4.52 Å². The van der Waals surface area contributed by atoms with E-state index in [0.717, 1.165) is 16.7 Å². The highest BCUT2D eigenvalue weighted by Crippen LogP contribution is 2.24. The number of benzene rings is 2. The van der Waals surface area contributed by atoms with Gasteiger partial charge in [0.2, 0.25) is 5.82 Å². The highest BCUT2D eigenvalue weighted by Gasteiger charge is 2.11. The second kappa shape index (κ2) is 4.65. The summed E-state index contributed by atoms with van der Waals surface area (Å²) in [7, 11) is 0. The normalized spacial score (nSPS) is 10.6. The van der Waals surface area contributed by atoms with Gasteiger partial charge in [0.05, 0.1) is 0 Å². The van der Waals surface area contributed by atoms with Crippen LogP contribution in [-0.4, -0.2) is 10.1 Å². The maximum atomic E-state index is 12.9. The van der Waals surface area contributed by atoms with Gasteiger partial charge in [0.1, 0.15) is 5.82 Å². The van der Waals surface area contributed by atoms with Gasteiger partial charge in [0, 0.05) is 11.1 Å². The molecular weight excluding hydrogens is 243 g/mol. The Morgan fingerprint density at radius 3 is 2.47 bits per heavy atom. The molecule has 3 nitrogen and oxygen atoms in total. The van der Waals surface area contributed by atoms with Crippen LogP contribution in [0.4, 0.5) is 4.39 Å². The minimum atomic E-state index is -0.286. The molecule has 2 aromatic carbocycles. The largest absolute Gasteiger partial charge is 0.334 e. The smallest absolute Gasteiger partial charge is 0.258 e. The van der Waals surface area contributed by atoms with E-state index in [1.54, 1.807) is 12.1 Å². The Morgan fingerprint density at radius 2 is 1.74 bits per heavy atom. The van der Waals surface area contributed by atoms with Gasteiger partial charge in [-0.25, -0.2) is 4.39 Å². The van der Waals surface area contributed by atoms with E-state index in [1.807, 2.05) is 31.2 Å². The Labute approximate surface area is 109 Å². The van der Waals surface area contributed by atoms with Crippen molar-refractivity contribution in [1.29, 1.82) is 0 Å². The lowest BCUT2D eigenvalue weighted by molar-refractivity contribution is 0.432. The molecule has 0 radical (unpaired) electrons. The molecule has 0 saturated heterocycles. The van der Waals surface area contributed by atoms with Gasteiger partial charge in [-0.15, -0.1) is 0 Å². The summed E-state index contributed by atoms with van der Waals surface area (Å²) in [6.45, 7) is 1.98. The van der Waals surface area contributed by atoms with Gasteiger partial charge in [0.15, 0.2) is 0 Å². The van der Waals surface area contributed by atoms with E-state index in [-0.39, 0.29) is 5.82 Å². The molecule has 0 aliphatic heterocycles. The van der Waals surface area contributed by atoms with Gasteiger partial charge in [-0.3, -0.25) is 0 Å². The van der Waals surface area contributed by atoms with E-state index in [1.165, 1.54) is 12.1 Å². The van der Waals surface area contributed by atoms with Crippen molar-refractivity contribution in [3.05, 3.63) is 59.9 Å². The number of hydrogen-bond acceptors (Lipinski definition) is 3. The second-order valence-corrected chi connectivity index (χ2v) is 4.24. The minimum Gasteiger partial charge on any atom is -0.334 e. The fraction of sp³-hybridized carbons (Fsp3) is 0.0667. The summed E-state index contributed by atoms with van der Waals surface area (Å²) in [6, 6.07) is 13.8. The van der Waals surface area contributed by atoms with Crippen LogP contribution in [0.25, 0.3) is 22.8 Å². The van der Waals surface area contributed by atoms with Crippen molar-refractivity contribution in [3.8, 4) is 22.8 Å². The van der Waals surface area contributed by atoms with Crippen molar-refractivity contribution in [2.45, 2.75) is 6.92 Å². The third kappa shape index (κ3) is 2.25. The van der Waals surface area contributed by atoms with Crippen LogP contribution < -0.4 is 0 Å². The summed E-state index contributed by atoms with van der Waals surface area (Å²) < 4.78 is 18.1. The molecule has 0 fully saturated rings. The monoisotopic (exact) mass is 254 g/mol. The highest BCUT2D eigenvalue weighted by molar-refractivity contribution is 5.62. The van der Waals surface area contributed by atoms with E-state index in [9.17, 15) is 4.39 Å². The van der Waals surface area contributed by atoms with Crippen LogP contribution in [0, 0.1) is 12.7 Å². The molecule has 0 saturated carbocycles. The van der Waals surface area contributed by atoms with E-state index in [0.29, 0.717) is 11.7 Å². The summed E-state index contributed by atoms with van der Waals surface area (Å²) >= 11 is 0. The Bertz CT molecular complexity index is 704. The molecule has 1 heterocycles. The van der Waals surface area contributed by atoms with Crippen LogP contribution in [-0.2, 0) is 0 Å². The number of aryl methyl sites for hydroxylation is 1. The van der Waals surface area contributed by atoms with Crippen molar-refractivity contribution < 1.29 is 8.91 Å². The SMILES string of the molecule is Cc1ccccc1-c1nc(-c2ccc(F)cc2)no1. The first-order valence-corrected chi connectivity index (χ1v) is 5.90. The van der Waals surface area contributed by atoms with E-state index >= 15 is 0 Å². The number of nitrogens with zero attached hydrogens (tertiary/aromatic N) is 2. The van der Waals surface area contributed by atoms with Gasteiger partial charge in [-0.2, -0.15) is 4.98 Å². The fourth-order valence-electron chi connectivity index (χ4n) is 1.86. The lowest BCUT2D eigenvalue weighted by Crippen LogP contribution is -1.84. The number of aromatic nitrogens is 2. The Balaban J connectivity index is 2.00. The maximum absolute atomic E-state index is 12.9. The minimum absolute atomic E-state index is 0.286. The highest BCUT2D eigenvalue weighted by atomic mass is 19.1. The van der Waals surface area contributed by atoms with Crippen LogP contribution in [0.2, 0.25) is 0 Å². The molecular formula is C15H11FN2O. The van der Waals surface area contributed by atoms with Crippen LogP contribution in [0.5, 0.6) is 0 Å². The molecule has 0 amide bonds. The van der Waals surface area contributed by atoms with E-state index in [4.69, 9.17) is 4.52 Å². The summed E-state index contributed by atoms with van der Waals surface area (Å²) in [4.78, 5) is 4.34. The predicted octanol–water partition coefficient (Wildman–Crippen LogP) is 3.85. The number of hydrogen-bond donors (Lipinski definition) is 0. The molecule has 0 N–H and O–H groups in total. The van der Waals surface area contributed by atoms with Crippen molar-refractivity contribution in [1.82, 2.24) is 10.1 Å². The van der Waals surface area contributed by atoms with Gasteiger partial charge in [-0.05, 0) is 42.8 Å². The Kier molecular flexibility index (Phi) is 2.83. The maximum Gasteiger partial charge on any atom is 0.258 e. The molecule has 4 heteroatoms. The molecule has 0 aliphatic carbocycles. The third-order valence-corrected chi connectivity index (χ3v) is 2.90. The zero-order valence-electron chi connectivity index (χ0n) is 10.3. The van der Waals surface area contributed by atoms with Crippen molar-refractivity contribution in [3.63, 3.8) is 0 Å². The quantitative estimate of drug-likeness (QED) is 0.697. The lowest BCUT2D eigenvalue weighted by atomic mass is 10.1. The van der Waals surface area contributed by atoms with Gasteiger partial charge in [0.25, 0.3) is 5.89 Å². The first kappa shape index (κ1) is 11.6. The number of rotatable bonds is 2. The van der Waals surface area contributed by atoms with Gasteiger partial charge in [-0.1, -0.05) is 23.4 Å². The topological polar surface area (TPSA) is 38.9 Å².